The van der Waals surface area contributed by atoms with Gasteiger partial charge in [-0.05, 0) is 37.5 Å². The summed E-state index contributed by atoms with van der Waals surface area (Å²) in [6.07, 6.45) is 1.61. The van der Waals surface area contributed by atoms with Gasteiger partial charge in [-0.1, -0.05) is 12.1 Å². The molecular weight excluding hydrogens is 346 g/mol. The average molecular weight is 369 g/mol. The van der Waals surface area contributed by atoms with Crippen LogP contribution in [0.2, 0.25) is 0 Å². The number of ether oxygens (including phenoxy) is 1. The highest BCUT2D eigenvalue weighted by Gasteiger charge is 2.55. The monoisotopic (exact) mass is 369 g/mol. The molecule has 1 aliphatic carbocycles. The molecule has 8 nitrogen and oxygen atoms in total. The SMILES string of the molecule is COc1ccc(C2(C(=O)N3CC(C(N)=O)C(c4n[nH]c(C)n4)C3)CC2)cc1. The fourth-order valence-corrected chi connectivity index (χ4v) is 4.01. The average Bonchev–Trinajstić information content (AvgIpc) is 3.16. The number of H-pyrrole nitrogens is 1. The van der Waals surface area contributed by atoms with Crippen molar-refractivity contribution < 1.29 is 14.3 Å². The Morgan fingerprint density at radius 3 is 2.48 bits per heavy atom. The smallest absolute Gasteiger partial charge is 0.233 e. The minimum Gasteiger partial charge on any atom is -0.497 e. The predicted molar refractivity (Wildman–Crippen MR) is 97.0 cm³/mol. The Morgan fingerprint density at radius 1 is 1.26 bits per heavy atom. The quantitative estimate of drug-likeness (QED) is 0.812. The first-order valence-electron chi connectivity index (χ1n) is 9.07. The van der Waals surface area contributed by atoms with Crippen LogP contribution in [0.4, 0.5) is 0 Å². The van der Waals surface area contributed by atoms with Gasteiger partial charge in [-0.2, -0.15) is 5.10 Å². The molecule has 2 amide bonds. The van der Waals surface area contributed by atoms with Crippen LogP contribution in [-0.4, -0.2) is 52.1 Å². The van der Waals surface area contributed by atoms with E-state index in [2.05, 4.69) is 15.2 Å². The van der Waals surface area contributed by atoms with Gasteiger partial charge >= 0.3 is 0 Å². The number of hydrogen-bond donors (Lipinski definition) is 2. The van der Waals surface area contributed by atoms with Crippen LogP contribution in [0.5, 0.6) is 5.75 Å². The molecule has 4 rings (SSSR count). The molecule has 2 fully saturated rings. The molecule has 3 N–H and O–H groups in total. The number of carbonyl (C=O) groups is 2. The van der Waals surface area contributed by atoms with Crippen molar-refractivity contribution >= 4 is 11.8 Å². The predicted octanol–water partition coefficient (Wildman–Crippen LogP) is 0.881. The lowest BCUT2D eigenvalue weighted by atomic mass is 9.94. The summed E-state index contributed by atoms with van der Waals surface area (Å²) in [7, 11) is 1.62. The third-order valence-electron chi connectivity index (χ3n) is 5.72. The molecular formula is C19H23N5O3. The topological polar surface area (TPSA) is 114 Å². The van der Waals surface area contributed by atoms with Crippen molar-refractivity contribution in [1.29, 1.82) is 0 Å². The molecule has 2 atom stereocenters. The van der Waals surface area contributed by atoms with Crippen LogP contribution in [0.1, 0.15) is 36.0 Å². The van der Waals surface area contributed by atoms with Crippen LogP contribution in [-0.2, 0) is 15.0 Å². The lowest BCUT2D eigenvalue weighted by Gasteiger charge is -2.23. The number of nitrogens with one attached hydrogen (secondary N) is 1. The van der Waals surface area contributed by atoms with E-state index in [1.807, 2.05) is 24.3 Å². The summed E-state index contributed by atoms with van der Waals surface area (Å²) < 4.78 is 5.20. The lowest BCUT2D eigenvalue weighted by molar-refractivity contribution is -0.133. The van der Waals surface area contributed by atoms with Crippen LogP contribution in [0, 0.1) is 12.8 Å². The Bertz CT molecular complexity index is 872. The second-order valence-electron chi connectivity index (χ2n) is 7.42. The lowest BCUT2D eigenvalue weighted by Crippen LogP contribution is -2.38. The van der Waals surface area contributed by atoms with Crippen LogP contribution in [0.25, 0.3) is 0 Å². The highest BCUT2D eigenvalue weighted by molar-refractivity contribution is 5.92. The standard InChI is InChI=1S/C19H23N5O3/c1-11-21-17(23-22-11)15-10-24(9-14(15)16(20)25)18(26)19(7-8-19)12-3-5-13(27-2)6-4-12/h3-6,14-15H,7-10H2,1-2H3,(H2,20,25)(H,21,22,23). The summed E-state index contributed by atoms with van der Waals surface area (Å²) in [5, 5.41) is 6.98. The van der Waals surface area contributed by atoms with Crippen molar-refractivity contribution in [3.63, 3.8) is 0 Å². The van der Waals surface area contributed by atoms with E-state index in [1.54, 1.807) is 18.9 Å². The molecule has 2 unspecified atom stereocenters. The van der Waals surface area contributed by atoms with E-state index in [1.165, 1.54) is 0 Å². The molecule has 1 saturated heterocycles. The first-order chi connectivity index (χ1) is 12.9. The van der Waals surface area contributed by atoms with Crippen molar-refractivity contribution in [1.82, 2.24) is 20.1 Å². The molecule has 27 heavy (non-hydrogen) atoms. The minimum absolute atomic E-state index is 0.0497. The van der Waals surface area contributed by atoms with Crippen molar-refractivity contribution in [2.24, 2.45) is 11.7 Å². The number of hydrogen-bond acceptors (Lipinski definition) is 5. The summed E-state index contributed by atoms with van der Waals surface area (Å²) in [6, 6.07) is 7.64. The van der Waals surface area contributed by atoms with Gasteiger partial charge in [-0.25, -0.2) is 4.98 Å². The second-order valence-corrected chi connectivity index (χ2v) is 7.42. The number of rotatable bonds is 5. The van der Waals surface area contributed by atoms with Crippen LogP contribution < -0.4 is 10.5 Å². The first-order valence-corrected chi connectivity index (χ1v) is 9.07. The summed E-state index contributed by atoms with van der Waals surface area (Å²) >= 11 is 0. The van der Waals surface area contributed by atoms with E-state index in [-0.39, 0.29) is 11.8 Å². The molecule has 1 saturated carbocycles. The highest BCUT2D eigenvalue weighted by atomic mass is 16.5. The molecule has 1 aromatic carbocycles. The number of benzene rings is 1. The number of amides is 2. The van der Waals surface area contributed by atoms with Crippen LogP contribution in [0.3, 0.4) is 0 Å². The van der Waals surface area contributed by atoms with Crippen LogP contribution >= 0.6 is 0 Å². The van der Waals surface area contributed by atoms with Gasteiger partial charge in [0, 0.05) is 13.1 Å². The molecule has 0 radical (unpaired) electrons. The van der Waals surface area contributed by atoms with Gasteiger partial charge in [-0.15, -0.1) is 0 Å². The summed E-state index contributed by atoms with van der Waals surface area (Å²) in [5.74, 6) is 0.854. The Labute approximate surface area is 157 Å². The summed E-state index contributed by atoms with van der Waals surface area (Å²) in [5.41, 5.74) is 6.09. The van der Waals surface area contributed by atoms with Gasteiger partial charge < -0.3 is 15.4 Å². The Balaban J connectivity index is 1.57. The molecule has 2 heterocycles. The Kier molecular flexibility index (Phi) is 4.13. The summed E-state index contributed by atoms with van der Waals surface area (Å²) in [6.45, 7) is 2.52. The first kappa shape index (κ1) is 17.5. The van der Waals surface area contributed by atoms with E-state index in [0.29, 0.717) is 24.7 Å². The molecule has 2 aliphatic rings. The number of nitrogens with zero attached hydrogens (tertiary/aromatic N) is 3. The van der Waals surface area contributed by atoms with Crippen molar-refractivity contribution in [2.75, 3.05) is 20.2 Å². The number of primary amides is 1. The maximum absolute atomic E-state index is 13.3. The number of carbonyl (C=O) groups excluding carboxylic acids is 2. The Hall–Kier alpha value is -2.90. The van der Waals surface area contributed by atoms with Crippen molar-refractivity contribution in [3.05, 3.63) is 41.5 Å². The molecule has 1 aromatic heterocycles. The van der Waals surface area contributed by atoms with E-state index < -0.39 is 17.2 Å². The van der Waals surface area contributed by atoms with Crippen LogP contribution in [0.15, 0.2) is 24.3 Å². The maximum Gasteiger partial charge on any atom is 0.233 e. The number of aromatic nitrogens is 3. The third-order valence-corrected chi connectivity index (χ3v) is 5.72. The van der Waals surface area contributed by atoms with Gasteiger partial charge in [-0.3, -0.25) is 14.7 Å². The molecule has 1 aliphatic heterocycles. The zero-order valence-corrected chi connectivity index (χ0v) is 15.4. The Morgan fingerprint density at radius 2 is 1.96 bits per heavy atom. The molecule has 0 spiro atoms. The number of nitrogens with two attached hydrogens (primary N) is 1. The van der Waals surface area contributed by atoms with E-state index in [0.717, 1.165) is 24.2 Å². The van der Waals surface area contributed by atoms with E-state index in [9.17, 15) is 9.59 Å². The number of aryl methyl sites for hydroxylation is 1. The molecule has 2 aromatic rings. The van der Waals surface area contributed by atoms with E-state index >= 15 is 0 Å². The second kappa shape index (κ2) is 6.37. The number of methoxy groups -OCH3 is 1. The zero-order chi connectivity index (χ0) is 19.2. The largest absolute Gasteiger partial charge is 0.497 e. The van der Waals surface area contributed by atoms with Gasteiger partial charge in [0.25, 0.3) is 0 Å². The normalized spacial score (nSPS) is 23.3. The molecule has 8 heteroatoms. The number of aromatic amines is 1. The maximum atomic E-state index is 13.3. The number of likely N-dealkylation sites (tertiary alicyclic amines) is 1. The third kappa shape index (κ3) is 2.94. The van der Waals surface area contributed by atoms with E-state index in [4.69, 9.17) is 10.5 Å². The zero-order valence-electron chi connectivity index (χ0n) is 15.4. The molecule has 0 bridgehead atoms. The van der Waals surface area contributed by atoms with Gasteiger partial charge in [0.15, 0.2) is 5.82 Å². The minimum atomic E-state index is -0.502. The van der Waals surface area contributed by atoms with Crippen molar-refractivity contribution in [3.8, 4) is 5.75 Å². The van der Waals surface area contributed by atoms with Gasteiger partial charge in [0.05, 0.1) is 24.4 Å². The summed E-state index contributed by atoms with van der Waals surface area (Å²) in [4.78, 5) is 31.4. The van der Waals surface area contributed by atoms with Crippen molar-refractivity contribution in [2.45, 2.75) is 31.1 Å². The van der Waals surface area contributed by atoms with Gasteiger partial charge in [0.2, 0.25) is 11.8 Å². The fourth-order valence-electron chi connectivity index (χ4n) is 4.01. The van der Waals surface area contributed by atoms with Gasteiger partial charge in [0.1, 0.15) is 11.6 Å². The highest BCUT2D eigenvalue weighted by Crippen LogP contribution is 2.51. The molecule has 142 valence electrons. The fraction of sp³-hybridized carbons (Fsp3) is 0.474.